The molecule has 0 aliphatic carbocycles. The second-order valence-corrected chi connectivity index (χ2v) is 1.34. The summed E-state index contributed by atoms with van der Waals surface area (Å²) in [6.45, 7) is 1.67. The Hall–Kier alpha value is -0.0861. The van der Waals surface area contributed by atoms with Crippen LogP contribution in [-0.4, -0.2) is 15.0 Å². The summed E-state index contributed by atoms with van der Waals surface area (Å²) < 4.78 is 0. The van der Waals surface area contributed by atoms with E-state index in [1.54, 1.807) is 6.92 Å². The molecule has 1 rings (SSSR count). The van der Waals surface area contributed by atoms with Crippen molar-refractivity contribution < 1.29 is 32.7 Å². The topological polar surface area (TPSA) is 58.6 Å². The average molecular weight is 199 g/mol. The normalized spacial score (nSPS) is 8.11. The second-order valence-electron chi connectivity index (χ2n) is 1.34. The smallest absolute Gasteiger partial charge is 0.230 e. The molecule has 1 N–H and O–H groups in total. The molecule has 0 aromatic carbocycles. The quantitative estimate of drug-likeness (QED) is 0.560. The molecular formula is C4H4N3OY-. The van der Waals surface area contributed by atoms with Gasteiger partial charge in [-0.05, 0) is 5.82 Å². The summed E-state index contributed by atoms with van der Waals surface area (Å²) in [5.41, 5.74) is -0.405. The van der Waals surface area contributed by atoms with Crippen LogP contribution in [0.5, 0.6) is 0 Å². The molecule has 1 heterocycles. The van der Waals surface area contributed by atoms with Crippen LogP contribution in [0, 0.1) is 13.3 Å². The SMILES string of the molecule is Cc1n[c-]nc(=O)[nH]1.[Y]. The van der Waals surface area contributed by atoms with Crippen molar-refractivity contribution in [3.63, 3.8) is 0 Å². The zero-order valence-corrected chi connectivity index (χ0v) is 7.72. The van der Waals surface area contributed by atoms with Crippen LogP contribution in [-0.2, 0) is 32.7 Å². The van der Waals surface area contributed by atoms with Gasteiger partial charge in [0.25, 0.3) is 0 Å². The standard InChI is InChI=1S/C4H4N3O.Y/c1-3-5-2-6-4(8)7-3;/h1H3,(H,5,6,7,8);/q-1;. The van der Waals surface area contributed by atoms with E-state index in [0.29, 0.717) is 5.82 Å². The van der Waals surface area contributed by atoms with Gasteiger partial charge >= 0.3 is 0 Å². The van der Waals surface area contributed by atoms with E-state index >= 15 is 0 Å². The maximum Gasteiger partial charge on any atom is 0.230 e. The monoisotopic (exact) mass is 199 g/mol. The minimum absolute atomic E-state index is 0. The van der Waals surface area contributed by atoms with Crippen molar-refractivity contribution in [1.29, 1.82) is 0 Å². The Kier molecular flexibility index (Phi) is 3.81. The summed E-state index contributed by atoms with van der Waals surface area (Å²) in [4.78, 5) is 19.4. The molecule has 0 aliphatic rings. The summed E-state index contributed by atoms with van der Waals surface area (Å²) in [7, 11) is 0. The summed E-state index contributed by atoms with van der Waals surface area (Å²) in [5, 5.41) is 0. The number of nitrogens with zero attached hydrogens (tertiary/aromatic N) is 2. The van der Waals surface area contributed by atoms with Gasteiger partial charge in [-0.1, -0.05) is 6.92 Å². The van der Waals surface area contributed by atoms with Gasteiger partial charge in [0.1, 0.15) is 0 Å². The molecule has 0 unspecified atom stereocenters. The van der Waals surface area contributed by atoms with E-state index in [2.05, 4.69) is 21.3 Å². The number of H-pyrrole nitrogens is 1. The Balaban J connectivity index is 0.000000640. The Bertz CT molecular complexity index is 233. The van der Waals surface area contributed by atoms with E-state index in [1.165, 1.54) is 0 Å². The minimum Gasteiger partial charge on any atom is -0.401 e. The van der Waals surface area contributed by atoms with Gasteiger partial charge in [-0.3, -0.25) is 0 Å². The van der Waals surface area contributed by atoms with Crippen molar-refractivity contribution in [2.24, 2.45) is 0 Å². The molecule has 0 aliphatic heterocycles. The van der Waals surface area contributed by atoms with Gasteiger partial charge in [-0.2, -0.15) is 0 Å². The van der Waals surface area contributed by atoms with Gasteiger partial charge in [0.2, 0.25) is 5.69 Å². The predicted octanol–water partition coefficient (Wildman–Crippen LogP) is -0.729. The first-order valence-electron chi connectivity index (χ1n) is 2.10. The third kappa shape index (κ3) is 2.82. The Morgan fingerprint density at radius 2 is 2.22 bits per heavy atom. The fourth-order valence-electron chi connectivity index (χ4n) is 0.356. The van der Waals surface area contributed by atoms with E-state index < -0.39 is 5.69 Å². The van der Waals surface area contributed by atoms with Gasteiger partial charge in [-0.25, -0.2) is 0 Å². The zero-order valence-electron chi connectivity index (χ0n) is 4.88. The van der Waals surface area contributed by atoms with Crippen molar-refractivity contribution in [1.82, 2.24) is 15.0 Å². The van der Waals surface area contributed by atoms with Crippen molar-refractivity contribution in [3.05, 3.63) is 22.6 Å². The second kappa shape index (κ2) is 3.85. The van der Waals surface area contributed by atoms with Gasteiger partial charge in [0.15, 0.2) is 0 Å². The molecule has 0 saturated heterocycles. The molecule has 1 aromatic rings. The Morgan fingerprint density at radius 1 is 1.56 bits per heavy atom. The number of hydrogen-bond donors (Lipinski definition) is 1. The summed E-state index contributed by atoms with van der Waals surface area (Å²) in [5.74, 6) is 0.532. The van der Waals surface area contributed by atoms with Crippen molar-refractivity contribution in [3.8, 4) is 0 Å². The van der Waals surface area contributed by atoms with Crippen molar-refractivity contribution in [2.45, 2.75) is 6.92 Å². The largest absolute Gasteiger partial charge is 0.401 e. The van der Waals surface area contributed by atoms with Crippen LogP contribution in [0.3, 0.4) is 0 Å². The van der Waals surface area contributed by atoms with Crippen LogP contribution >= 0.6 is 0 Å². The average Bonchev–Trinajstić information content (AvgIpc) is 1.64. The van der Waals surface area contributed by atoms with Crippen molar-refractivity contribution in [2.75, 3.05) is 0 Å². The van der Waals surface area contributed by atoms with Gasteiger partial charge < -0.3 is 19.7 Å². The first-order valence-corrected chi connectivity index (χ1v) is 2.10. The van der Waals surface area contributed by atoms with Crippen LogP contribution in [0.4, 0.5) is 0 Å². The molecule has 1 radical (unpaired) electrons. The molecule has 4 nitrogen and oxygen atoms in total. The van der Waals surface area contributed by atoms with Crippen LogP contribution in [0.15, 0.2) is 4.79 Å². The molecular weight excluding hydrogens is 195 g/mol. The van der Waals surface area contributed by atoms with Gasteiger partial charge in [0, 0.05) is 39.0 Å². The molecule has 45 valence electrons. The summed E-state index contributed by atoms with van der Waals surface area (Å²) in [6, 6.07) is 0. The third-order valence-corrected chi connectivity index (χ3v) is 0.657. The molecule has 0 atom stereocenters. The zero-order chi connectivity index (χ0) is 5.98. The van der Waals surface area contributed by atoms with E-state index in [4.69, 9.17) is 0 Å². The molecule has 9 heavy (non-hydrogen) atoms. The fraction of sp³-hybridized carbons (Fsp3) is 0.250. The molecule has 0 fully saturated rings. The van der Waals surface area contributed by atoms with Gasteiger partial charge in [0.05, 0.1) is 0 Å². The van der Waals surface area contributed by atoms with E-state index in [1.807, 2.05) is 0 Å². The molecule has 5 heteroatoms. The summed E-state index contributed by atoms with van der Waals surface area (Å²) in [6.07, 6.45) is 2.19. The first-order chi connectivity index (χ1) is 3.79. The number of aryl methyl sites for hydroxylation is 1. The molecule has 0 amide bonds. The van der Waals surface area contributed by atoms with E-state index in [-0.39, 0.29) is 32.7 Å². The van der Waals surface area contributed by atoms with Crippen LogP contribution in [0.25, 0.3) is 0 Å². The molecule has 0 saturated carbocycles. The predicted molar refractivity (Wildman–Crippen MR) is 26.2 cm³/mol. The number of rotatable bonds is 0. The Morgan fingerprint density at radius 3 is 2.56 bits per heavy atom. The van der Waals surface area contributed by atoms with Crippen LogP contribution < -0.4 is 5.69 Å². The number of hydrogen-bond acceptors (Lipinski definition) is 3. The number of aromatic amines is 1. The van der Waals surface area contributed by atoms with E-state index in [9.17, 15) is 4.79 Å². The van der Waals surface area contributed by atoms with E-state index in [0.717, 1.165) is 0 Å². The minimum atomic E-state index is -0.405. The maximum absolute atomic E-state index is 10.3. The maximum atomic E-state index is 10.3. The van der Waals surface area contributed by atoms with Crippen molar-refractivity contribution >= 4 is 0 Å². The third-order valence-electron chi connectivity index (χ3n) is 0.657. The summed E-state index contributed by atoms with van der Waals surface area (Å²) >= 11 is 0. The molecule has 1 aromatic heterocycles. The van der Waals surface area contributed by atoms with Crippen LogP contribution in [0.1, 0.15) is 5.82 Å². The molecule has 0 bridgehead atoms. The van der Waals surface area contributed by atoms with Gasteiger partial charge in [-0.15, -0.1) is 0 Å². The number of nitrogens with one attached hydrogen (secondary N) is 1. The first kappa shape index (κ1) is 8.91. The Labute approximate surface area is 77.0 Å². The van der Waals surface area contributed by atoms with Crippen LogP contribution in [0.2, 0.25) is 0 Å². The fourth-order valence-corrected chi connectivity index (χ4v) is 0.356. The number of aromatic nitrogens is 3. The molecule has 0 spiro atoms.